The van der Waals surface area contributed by atoms with E-state index in [0.717, 1.165) is 6.07 Å². The van der Waals surface area contributed by atoms with Crippen molar-refractivity contribution in [1.29, 1.82) is 5.26 Å². The Morgan fingerprint density at radius 1 is 1.48 bits per heavy atom. The van der Waals surface area contributed by atoms with Gasteiger partial charge in [-0.25, -0.2) is 17.6 Å². The summed E-state index contributed by atoms with van der Waals surface area (Å²) in [5.74, 6) is -3.03. The van der Waals surface area contributed by atoms with Crippen molar-refractivity contribution in [3.05, 3.63) is 28.5 Å². The molecule has 0 aliphatic heterocycles. The van der Waals surface area contributed by atoms with Crippen molar-refractivity contribution < 1.29 is 22.7 Å². The number of rotatable bonds is 5. The summed E-state index contributed by atoms with van der Waals surface area (Å²) in [6.45, 7) is 3.15. The summed E-state index contributed by atoms with van der Waals surface area (Å²) in [4.78, 5) is 10.5. The van der Waals surface area contributed by atoms with Crippen molar-refractivity contribution in [3.63, 3.8) is 0 Å². The monoisotopic (exact) mass is 333 g/mol. The second kappa shape index (κ2) is 6.00. The second-order valence-corrected chi connectivity index (χ2v) is 7.62. The molecule has 0 bridgehead atoms. The third-order valence-corrected chi connectivity index (χ3v) is 4.97. The fraction of sp³-hybridized carbons (Fsp3) is 0.385. The summed E-state index contributed by atoms with van der Waals surface area (Å²) >= 11 is 5.49. The zero-order chi connectivity index (χ0) is 16.4. The van der Waals surface area contributed by atoms with Crippen LogP contribution in [0.4, 0.5) is 4.39 Å². The molecule has 1 aromatic rings. The highest BCUT2D eigenvalue weighted by Gasteiger charge is 2.25. The number of hydrogen-bond acceptors (Lipinski definition) is 4. The highest BCUT2D eigenvalue weighted by Crippen LogP contribution is 2.27. The quantitative estimate of drug-likeness (QED) is 0.893. The molecular weight excluding hydrogens is 321 g/mol. The van der Waals surface area contributed by atoms with Gasteiger partial charge in [0.15, 0.2) is 9.84 Å². The van der Waals surface area contributed by atoms with E-state index in [-0.39, 0.29) is 6.42 Å². The minimum atomic E-state index is -3.91. The molecule has 0 amide bonds. The molecule has 0 atom stereocenters. The largest absolute Gasteiger partial charge is 0.478 e. The molecular formula is C13H13ClFNO4S. The van der Waals surface area contributed by atoms with Gasteiger partial charge in [0.25, 0.3) is 0 Å². The molecule has 1 aromatic carbocycles. The van der Waals surface area contributed by atoms with Crippen LogP contribution in [0.3, 0.4) is 0 Å². The van der Waals surface area contributed by atoms with Crippen molar-refractivity contribution in [2.75, 3.05) is 5.75 Å². The van der Waals surface area contributed by atoms with E-state index in [9.17, 15) is 17.6 Å². The molecule has 0 aliphatic rings. The molecule has 114 valence electrons. The van der Waals surface area contributed by atoms with Crippen molar-refractivity contribution in [2.45, 2.75) is 25.2 Å². The number of nitriles is 1. The molecule has 0 saturated heterocycles. The lowest BCUT2D eigenvalue weighted by atomic mass is 9.93. The number of nitrogens with zero attached hydrogens (tertiary/aromatic N) is 1. The molecule has 21 heavy (non-hydrogen) atoms. The molecule has 0 fully saturated rings. The molecule has 0 aliphatic carbocycles. The Morgan fingerprint density at radius 2 is 2.05 bits per heavy atom. The van der Waals surface area contributed by atoms with Crippen LogP contribution in [-0.2, 0) is 9.84 Å². The Hall–Kier alpha value is -1.65. The summed E-state index contributed by atoms with van der Waals surface area (Å²) in [5.41, 5.74) is -1.47. The lowest BCUT2D eigenvalue weighted by Crippen LogP contribution is -2.17. The van der Waals surface area contributed by atoms with Crippen molar-refractivity contribution in [2.24, 2.45) is 5.41 Å². The maximum atomic E-state index is 13.6. The lowest BCUT2D eigenvalue weighted by molar-refractivity contribution is 0.0696. The van der Waals surface area contributed by atoms with Gasteiger partial charge in [-0.05, 0) is 32.4 Å². The van der Waals surface area contributed by atoms with E-state index >= 15 is 0 Å². The van der Waals surface area contributed by atoms with E-state index in [1.54, 1.807) is 13.8 Å². The molecule has 1 rings (SSSR count). The number of carboxylic acids is 1. The molecule has 0 saturated carbocycles. The van der Waals surface area contributed by atoms with Crippen LogP contribution in [0.15, 0.2) is 17.0 Å². The minimum Gasteiger partial charge on any atom is -0.478 e. The molecule has 5 nitrogen and oxygen atoms in total. The van der Waals surface area contributed by atoms with E-state index in [1.807, 2.05) is 6.07 Å². The van der Waals surface area contributed by atoms with Crippen LogP contribution < -0.4 is 0 Å². The summed E-state index contributed by atoms with van der Waals surface area (Å²) in [6, 6.07) is 3.47. The van der Waals surface area contributed by atoms with E-state index in [1.165, 1.54) is 0 Å². The standard InChI is InChI=1S/C13H13ClFNO4S/c1-13(2,7-16)3-4-21(19,20)8-5-9(12(17)18)11(14)10(15)6-8/h5-6H,3-4H2,1-2H3,(H,17,18). The van der Waals surface area contributed by atoms with Gasteiger partial charge in [0.2, 0.25) is 0 Å². The predicted octanol–water partition coefficient (Wildman–Crippen LogP) is 2.89. The first-order chi connectivity index (χ1) is 9.50. The van der Waals surface area contributed by atoms with Crippen molar-refractivity contribution >= 4 is 27.4 Å². The average molecular weight is 334 g/mol. The number of halogens is 2. The fourth-order valence-corrected chi connectivity index (χ4v) is 3.25. The van der Waals surface area contributed by atoms with Crippen LogP contribution in [0.2, 0.25) is 5.02 Å². The van der Waals surface area contributed by atoms with E-state index < -0.39 is 48.3 Å². The minimum absolute atomic E-state index is 0.0402. The highest BCUT2D eigenvalue weighted by molar-refractivity contribution is 7.91. The van der Waals surface area contributed by atoms with Gasteiger partial charge in [-0.15, -0.1) is 0 Å². The Balaban J connectivity index is 3.22. The van der Waals surface area contributed by atoms with Gasteiger partial charge in [-0.1, -0.05) is 11.6 Å². The first kappa shape index (κ1) is 17.4. The first-order valence-electron chi connectivity index (χ1n) is 5.86. The van der Waals surface area contributed by atoms with E-state index in [2.05, 4.69) is 0 Å². The SMILES string of the molecule is CC(C)(C#N)CCS(=O)(=O)c1cc(F)c(Cl)c(C(=O)O)c1. The zero-order valence-electron chi connectivity index (χ0n) is 11.4. The smallest absolute Gasteiger partial charge is 0.337 e. The van der Waals surface area contributed by atoms with Gasteiger partial charge in [-0.2, -0.15) is 5.26 Å². The van der Waals surface area contributed by atoms with Crippen LogP contribution in [0, 0.1) is 22.6 Å². The Morgan fingerprint density at radius 3 is 2.52 bits per heavy atom. The van der Waals surface area contributed by atoms with Crippen LogP contribution in [0.5, 0.6) is 0 Å². The Kier molecular flexibility index (Phi) is 4.97. The van der Waals surface area contributed by atoms with E-state index in [0.29, 0.717) is 6.07 Å². The number of carboxylic acid groups (broad SMARTS) is 1. The van der Waals surface area contributed by atoms with Gasteiger partial charge in [0.1, 0.15) is 5.82 Å². The molecule has 0 heterocycles. The number of hydrogen-bond donors (Lipinski definition) is 1. The third kappa shape index (κ3) is 4.16. The zero-order valence-corrected chi connectivity index (χ0v) is 12.9. The average Bonchev–Trinajstić information content (AvgIpc) is 2.39. The number of aromatic carboxylic acids is 1. The topological polar surface area (TPSA) is 95.2 Å². The van der Waals surface area contributed by atoms with Crippen LogP contribution in [-0.4, -0.2) is 25.2 Å². The molecule has 0 unspecified atom stereocenters. The number of sulfone groups is 1. The summed E-state index contributed by atoms with van der Waals surface area (Å²) in [6.07, 6.45) is 0.0402. The molecule has 0 radical (unpaired) electrons. The van der Waals surface area contributed by atoms with Gasteiger partial charge in [0, 0.05) is 0 Å². The number of carbonyl (C=O) groups is 1. The van der Waals surface area contributed by atoms with Gasteiger partial charge < -0.3 is 5.11 Å². The molecule has 0 aromatic heterocycles. The van der Waals surface area contributed by atoms with Crippen molar-refractivity contribution in [3.8, 4) is 6.07 Å². The summed E-state index contributed by atoms with van der Waals surface area (Å²) in [5, 5.41) is 17.1. The summed E-state index contributed by atoms with van der Waals surface area (Å²) < 4.78 is 37.8. The second-order valence-electron chi connectivity index (χ2n) is 5.14. The maximum Gasteiger partial charge on any atom is 0.337 e. The fourth-order valence-electron chi connectivity index (χ4n) is 1.46. The van der Waals surface area contributed by atoms with E-state index in [4.69, 9.17) is 22.0 Å². The Bertz CT molecular complexity index is 722. The van der Waals surface area contributed by atoms with Gasteiger partial charge in [0.05, 0.1) is 32.7 Å². The van der Waals surface area contributed by atoms with Crippen molar-refractivity contribution in [1.82, 2.24) is 0 Å². The van der Waals surface area contributed by atoms with Crippen LogP contribution in [0.1, 0.15) is 30.6 Å². The lowest BCUT2D eigenvalue weighted by Gasteiger charge is -2.15. The molecule has 8 heteroatoms. The molecule has 1 N–H and O–H groups in total. The van der Waals surface area contributed by atoms with Gasteiger partial charge >= 0.3 is 5.97 Å². The summed E-state index contributed by atoms with van der Waals surface area (Å²) in [7, 11) is -3.91. The molecule has 0 spiro atoms. The van der Waals surface area contributed by atoms with Crippen LogP contribution >= 0.6 is 11.6 Å². The number of benzene rings is 1. The third-order valence-electron chi connectivity index (χ3n) is 2.89. The maximum absolute atomic E-state index is 13.6. The Labute approximate surface area is 126 Å². The van der Waals surface area contributed by atoms with Gasteiger partial charge in [-0.3, -0.25) is 0 Å². The first-order valence-corrected chi connectivity index (χ1v) is 7.89. The highest BCUT2D eigenvalue weighted by atomic mass is 35.5. The normalized spacial score (nSPS) is 12.0. The predicted molar refractivity (Wildman–Crippen MR) is 74.4 cm³/mol. The van der Waals surface area contributed by atoms with Crippen LogP contribution in [0.25, 0.3) is 0 Å².